The first-order chi connectivity index (χ1) is 5.77. The summed E-state index contributed by atoms with van der Waals surface area (Å²) < 4.78 is 0. The molecule has 0 aliphatic heterocycles. The maximum atomic E-state index is 2.36. The molecular formula is C12H18. The van der Waals surface area contributed by atoms with Gasteiger partial charge in [0.15, 0.2) is 0 Å². The maximum absolute atomic E-state index is 2.36. The lowest BCUT2D eigenvalue weighted by molar-refractivity contribution is 0.344. The van der Waals surface area contributed by atoms with Crippen molar-refractivity contribution in [3.05, 3.63) is 23.3 Å². The lowest BCUT2D eigenvalue weighted by Gasteiger charge is -2.26. The number of rotatable bonds is 1. The van der Waals surface area contributed by atoms with Crippen LogP contribution in [0.2, 0.25) is 0 Å². The van der Waals surface area contributed by atoms with Crippen LogP contribution in [-0.2, 0) is 0 Å². The van der Waals surface area contributed by atoms with Gasteiger partial charge in [0, 0.05) is 0 Å². The van der Waals surface area contributed by atoms with Crippen molar-refractivity contribution in [2.75, 3.05) is 0 Å². The van der Waals surface area contributed by atoms with Crippen molar-refractivity contribution >= 4 is 0 Å². The van der Waals surface area contributed by atoms with Crippen molar-refractivity contribution in [1.29, 1.82) is 0 Å². The second-order valence-electron chi connectivity index (χ2n) is 4.48. The smallest absolute Gasteiger partial charge is 0.0130 e. The molecule has 0 spiro atoms. The van der Waals surface area contributed by atoms with Crippen LogP contribution in [0.15, 0.2) is 23.3 Å². The Bertz CT molecular complexity index is 230. The predicted molar refractivity (Wildman–Crippen MR) is 53.0 cm³/mol. The molecule has 0 N–H and O–H groups in total. The Morgan fingerprint density at radius 3 is 3.00 bits per heavy atom. The van der Waals surface area contributed by atoms with E-state index in [-0.39, 0.29) is 0 Å². The molecule has 0 radical (unpaired) electrons. The van der Waals surface area contributed by atoms with Gasteiger partial charge in [0.2, 0.25) is 0 Å². The van der Waals surface area contributed by atoms with Crippen LogP contribution in [-0.4, -0.2) is 0 Å². The largest absolute Gasteiger partial charge is 0.0802 e. The van der Waals surface area contributed by atoms with Crippen LogP contribution in [0.3, 0.4) is 0 Å². The van der Waals surface area contributed by atoms with Gasteiger partial charge in [0.25, 0.3) is 0 Å². The zero-order valence-corrected chi connectivity index (χ0v) is 8.14. The molecule has 0 aromatic rings. The fourth-order valence-electron chi connectivity index (χ4n) is 2.38. The summed E-state index contributed by atoms with van der Waals surface area (Å²) in [6.45, 7) is 4.71. The van der Waals surface area contributed by atoms with Gasteiger partial charge >= 0.3 is 0 Å². The zero-order chi connectivity index (χ0) is 8.55. The molecule has 0 aromatic carbocycles. The van der Waals surface area contributed by atoms with Gasteiger partial charge in [-0.05, 0) is 43.1 Å². The fourth-order valence-corrected chi connectivity index (χ4v) is 2.38. The van der Waals surface area contributed by atoms with E-state index in [9.17, 15) is 0 Å². The zero-order valence-electron chi connectivity index (χ0n) is 8.14. The second-order valence-corrected chi connectivity index (χ2v) is 4.48. The van der Waals surface area contributed by atoms with Crippen molar-refractivity contribution in [2.45, 2.75) is 39.5 Å². The SMILES string of the molecule is CC(C)C1CCC2=C(C=CC2)C1. The van der Waals surface area contributed by atoms with Gasteiger partial charge in [-0.25, -0.2) is 0 Å². The van der Waals surface area contributed by atoms with E-state index in [0.717, 1.165) is 11.8 Å². The van der Waals surface area contributed by atoms with Crippen LogP contribution in [0.5, 0.6) is 0 Å². The van der Waals surface area contributed by atoms with Gasteiger partial charge in [0.1, 0.15) is 0 Å². The molecule has 0 saturated carbocycles. The fraction of sp³-hybridized carbons (Fsp3) is 0.667. The maximum Gasteiger partial charge on any atom is -0.0130 e. The third-order valence-electron chi connectivity index (χ3n) is 3.38. The van der Waals surface area contributed by atoms with Crippen LogP contribution < -0.4 is 0 Å². The normalized spacial score (nSPS) is 28.4. The number of hydrogen-bond acceptors (Lipinski definition) is 0. The van der Waals surface area contributed by atoms with E-state index in [1.165, 1.54) is 25.7 Å². The molecule has 0 aromatic heterocycles. The molecule has 0 heteroatoms. The molecule has 2 rings (SSSR count). The minimum atomic E-state index is 0.869. The summed E-state index contributed by atoms with van der Waals surface area (Å²) in [5, 5.41) is 0. The topological polar surface area (TPSA) is 0 Å². The van der Waals surface area contributed by atoms with Gasteiger partial charge in [-0.1, -0.05) is 31.6 Å². The summed E-state index contributed by atoms with van der Waals surface area (Å²) in [6, 6.07) is 0. The first-order valence-corrected chi connectivity index (χ1v) is 5.15. The van der Waals surface area contributed by atoms with Crippen LogP contribution >= 0.6 is 0 Å². The Balaban J connectivity index is 2.08. The minimum Gasteiger partial charge on any atom is -0.0802 e. The Kier molecular flexibility index (Phi) is 2.08. The molecule has 0 heterocycles. The highest BCUT2D eigenvalue weighted by Gasteiger charge is 2.23. The average Bonchev–Trinajstić information content (AvgIpc) is 2.49. The Morgan fingerprint density at radius 2 is 2.25 bits per heavy atom. The lowest BCUT2D eigenvalue weighted by atomic mass is 9.79. The highest BCUT2D eigenvalue weighted by atomic mass is 14.3. The molecule has 0 fully saturated rings. The van der Waals surface area contributed by atoms with Gasteiger partial charge in [-0.15, -0.1) is 0 Å². The van der Waals surface area contributed by atoms with E-state index in [1.54, 1.807) is 11.1 Å². The van der Waals surface area contributed by atoms with Crippen molar-refractivity contribution in [1.82, 2.24) is 0 Å². The predicted octanol–water partition coefficient (Wildman–Crippen LogP) is 3.70. The summed E-state index contributed by atoms with van der Waals surface area (Å²) >= 11 is 0. The molecule has 2 aliphatic carbocycles. The molecule has 66 valence electrons. The highest BCUT2D eigenvalue weighted by molar-refractivity contribution is 5.35. The Morgan fingerprint density at radius 1 is 1.42 bits per heavy atom. The Hall–Kier alpha value is -0.520. The molecule has 1 unspecified atom stereocenters. The minimum absolute atomic E-state index is 0.869. The summed E-state index contributed by atoms with van der Waals surface area (Å²) in [5.41, 5.74) is 3.40. The van der Waals surface area contributed by atoms with Crippen molar-refractivity contribution in [3.8, 4) is 0 Å². The standard InChI is InChI=1S/C12H18/c1-9(2)11-7-6-10-4-3-5-12(10)8-11/h3,5,9,11H,4,6-8H2,1-2H3. The van der Waals surface area contributed by atoms with Gasteiger partial charge in [-0.3, -0.25) is 0 Å². The van der Waals surface area contributed by atoms with Crippen molar-refractivity contribution in [2.24, 2.45) is 11.8 Å². The van der Waals surface area contributed by atoms with Crippen molar-refractivity contribution in [3.63, 3.8) is 0 Å². The highest BCUT2D eigenvalue weighted by Crippen LogP contribution is 2.38. The van der Waals surface area contributed by atoms with E-state index in [1.807, 2.05) is 0 Å². The van der Waals surface area contributed by atoms with Gasteiger partial charge < -0.3 is 0 Å². The van der Waals surface area contributed by atoms with Crippen LogP contribution in [0.1, 0.15) is 39.5 Å². The van der Waals surface area contributed by atoms with Crippen molar-refractivity contribution < 1.29 is 0 Å². The molecule has 12 heavy (non-hydrogen) atoms. The number of hydrogen-bond donors (Lipinski definition) is 0. The van der Waals surface area contributed by atoms with E-state index < -0.39 is 0 Å². The molecule has 0 bridgehead atoms. The monoisotopic (exact) mass is 162 g/mol. The van der Waals surface area contributed by atoms with E-state index in [0.29, 0.717) is 0 Å². The quantitative estimate of drug-likeness (QED) is 0.551. The molecule has 0 nitrogen and oxygen atoms in total. The third kappa shape index (κ3) is 1.35. The van der Waals surface area contributed by atoms with Crippen LogP contribution in [0.25, 0.3) is 0 Å². The molecular weight excluding hydrogens is 144 g/mol. The summed E-state index contributed by atoms with van der Waals surface area (Å²) in [7, 11) is 0. The summed E-state index contributed by atoms with van der Waals surface area (Å²) in [5.74, 6) is 1.82. The molecule has 0 saturated heterocycles. The summed E-state index contributed by atoms with van der Waals surface area (Å²) in [6.07, 6.45) is 10.1. The third-order valence-corrected chi connectivity index (χ3v) is 3.38. The Labute approximate surface area is 75.4 Å². The summed E-state index contributed by atoms with van der Waals surface area (Å²) in [4.78, 5) is 0. The van der Waals surface area contributed by atoms with Gasteiger partial charge in [-0.2, -0.15) is 0 Å². The average molecular weight is 162 g/mol. The van der Waals surface area contributed by atoms with E-state index in [4.69, 9.17) is 0 Å². The van der Waals surface area contributed by atoms with Gasteiger partial charge in [0.05, 0.1) is 0 Å². The van der Waals surface area contributed by atoms with E-state index >= 15 is 0 Å². The van der Waals surface area contributed by atoms with Crippen LogP contribution in [0, 0.1) is 11.8 Å². The second kappa shape index (κ2) is 3.08. The van der Waals surface area contributed by atoms with E-state index in [2.05, 4.69) is 26.0 Å². The first-order valence-electron chi connectivity index (χ1n) is 5.15. The van der Waals surface area contributed by atoms with Crippen LogP contribution in [0.4, 0.5) is 0 Å². The first kappa shape index (κ1) is 8.10. The molecule has 2 aliphatic rings. The molecule has 0 amide bonds. The molecule has 1 atom stereocenters. The number of allylic oxidation sites excluding steroid dienone is 4. The lowest BCUT2D eigenvalue weighted by Crippen LogP contribution is -2.13.